The molecule has 0 aliphatic rings. The van der Waals surface area contributed by atoms with E-state index in [1.54, 1.807) is 31.4 Å². The Kier molecular flexibility index (Phi) is 5.70. The number of carbonyl (C=O) groups is 2. The van der Waals surface area contributed by atoms with Crippen molar-refractivity contribution in [2.75, 3.05) is 19.0 Å². The SMILES string of the molecule is COc1ccc2nc(NC(=O)CCNC(=O)c3ccc(Cl)cc3)sc2c1. The summed E-state index contributed by atoms with van der Waals surface area (Å²) in [7, 11) is 1.60. The van der Waals surface area contributed by atoms with Gasteiger partial charge in [-0.15, -0.1) is 0 Å². The lowest BCUT2D eigenvalue weighted by atomic mass is 10.2. The number of aromatic nitrogens is 1. The Morgan fingerprint density at radius 1 is 1.19 bits per heavy atom. The van der Waals surface area contributed by atoms with E-state index in [0.29, 0.717) is 15.7 Å². The van der Waals surface area contributed by atoms with Gasteiger partial charge in [0.1, 0.15) is 5.75 Å². The average molecular weight is 390 g/mol. The summed E-state index contributed by atoms with van der Waals surface area (Å²) in [6, 6.07) is 12.1. The summed E-state index contributed by atoms with van der Waals surface area (Å²) in [5.74, 6) is 0.276. The molecule has 6 nitrogen and oxygen atoms in total. The van der Waals surface area contributed by atoms with Crippen LogP contribution in [0.25, 0.3) is 10.2 Å². The van der Waals surface area contributed by atoms with E-state index in [9.17, 15) is 9.59 Å². The fraction of sp³-hybridized carbons (Fsp3) is 0.167. The van der Waals surface area contributed by atoms with Crippen molar-refractivity contribution in [3.8, 4) is 5.75 Å². The van der Waals surface area contributed by atoms with Gasteiger partial charge in [0.2, 0.25) is 5.91 Å². The number of hydrogen-bond acceptors (Lipinski definition) is 5. The number of nitrogens with zero attached hydrogens (tertiary/aromatic N) is 1. The molecule has 3 rings (SSSR count). The van der Waals surface area contributed by atoms with Crippen molar-refractivity contribution in [1.82, 2.24) is 10.3 Å². The van der Waals surface area contributed by atoms with E-state index in [0.717, 1.165) is 16.0 Å². The van der Waals surface area contributed by atoms with Gasteiger partial charge in [0.25, 0.3) is 5.91 Å². The van der Waals surface area contributed by atoms with Crippen LogP contribution in [0.5, 0.6) is 5.75 Å². The van der Waals surface area contributed by atoms with Gasteiger partial charge in [-0.25, -0.2) is 4.98 Å². The number of benzene rings is 2. The highest BCUT2D eigenvalue weighted by Gasteiger charge is 2.10. The Labute approximate surface area is 159 Å². The lowest BCUT2D eigenvalue weighted by Crippen LogP contribution is -2.27. The van der Waals surface area contributed by atoms with E-state index in [4.69, 9.17) is 16.3 Å². The summed E-state index contributed by atoms with van der Waals surface area (Å²) in [6.45, 7) is 0.228. The fourth-order valence-electron chi connectivity index (χ4n) is 2.26. The predicted molar refractivity (Wildman–Crippen MR) is 103 cm³/mol. The molecule has 3 aromatic rings. The van der Waals surface area contributed by atoms with Crippen molar-refractivity contribution in [1.29, 1.82) is 0 Å². The maximum atomic E-state index is 12.0. The monoisotopic (exact) mass is 389 g/mol. The molecule has 0 atom stereocenters. The van der Waals surface area contributed by atoms with Crippen molar-refractivity contribution < 1.29 is 14.3 Å². The second kappa shape index (κ2) is 8.16. The second-order valence-electron chi connectivity index (χ2n) is 5.41. The standard InChI is InChI=1S/C18H16ClN3O3S/c1-25-13-6-7-14-15(10-13)26-18(21-14)22-16(23)8-9-20-17(24)11-2-4-12(19)5-3-11/h2-7,10H,8-9H2,1H3,(H,20,24)(H,21,22,23). The van der Waals surface area contributed by atoms with Gasteiger partial charge >= 0.3 is 0 Å². The molecule has 0 radical (unpaired) electrons. The van der Waals surface area contributed by atoms with E-state index in [-0.39, 0.29) is 24.8 Å². The summed E-state index contributed by atoms with van der Waals surface area (Å²) in [5, 5.41) is 6.53. The number of methoxy groups -OCH3 is 1. The molecule has 0 fully saturated rings. The van der Waals surface area contributed by atoms with Gasteiger partial charge in [-0.1, -0.05) is 22.9 Å². The van der Waals surface area contributed by atoms with Crippen molar-refractivity contribution in [2.24, 2.45) is 0 Å². The zero-order valence-corrected chi connectivity index (χ0v) is 15.5. The number of nitrogens with one attached hydrogen (secondary N) is 2. The van der Waals surface area contributed by atoms with Gasteiger partial charge in [0.15, 0.2) is 5.13 Å². The first-order valence-corrected chi connectivity index (χ1v) is 9.03. The normalized spacial score (nSPS) is 10.5. The number of halogens is 1. The number of ether oxygens (including phenoxy) is 1. The molecule has 1 aromatic heterocycles. The van der Waals surface area contributed by atoms with Crippen LogP contribution >= 0.6 is 22.9 Å². The Morgan fingerprint density at radius 2 is 1.96 bits per heavy atom. The lowest BCUT2D eigenvalue weighted by molar-refractivity contribution is -0.116. The lowest BCUT2D eigenvalue weighted by Gasteiger charge is -2.05. The zero-order chi connectivity index (χ0) is 18.5. The number of amides is 2. The Hall–Kier alpha value is -2.64. The third-order valence-electron chi connectivity index (χ3n) is 3.59. The third-order valence-corrected chi connectivity index (χ3v) is 4.77. The largest absolute Gasteiger partial charge is 0.497 e. The summed E-state index contributed by atoms with van der Waals surface area (Å²) < 4.78 is 6.10. The third kappa shape index (κ3) is 4.50. The van der Waals surface area contributed by atoms with Crippen molar-refractivity contribution >= 4 is 50.1 Å². The summed E-state index contributed by atoms with van der Waals surface area (Å²) >= 11 is 7.16. The number of fused-ring (bicyclic) bond motifs is 1. The first-order chi connectivity index (χ1) is 12.5. The quantitative estimate of drug-likeness (QED) is 0.673. The zero-order valence-electron chi connectivity index (χ0n) is 13.9. The van der Waals surface area contributed by atoms with Crippen molar-refractivity contribution in [3.63, 3.8) is 0 Å². The molecule has 0 aliphatic carbocycles. The molecule has 2 amide bonds. The maximum Gasteiger partial charge on any atom is 0.251 e. The molecule has 0 saturated carbocycles. The molecule has 2 aromatic carbocycles. The highest BCUT2D eigenvalue weighted by molar-refractivity contribution is 7.22. The van der Waals surface area contributed by atoms with E-state index < -0.39 is 0 Å². The van der Waals surface area contributed by atoms with E-state index in [1.807, 2.05) is 18.2 Å². The number of carbonyl (C=O) groups excluding carboxylic acids is 2. The molecule has 134 valence electrons. The van der Waals surface area contributed by atoms with Crippen LogP contribution in [-0.4, -0.2) is 30.5 Å². The molecule has 0 spiro atoms. The Balaban J connectivity index is 1.51. The number of rotatable bonds is 6. The molecule has 26 heavy (non-hydrogen) atoms. The Bertz CT molecular complexity index is 941. The first-order valence-electron chi connectivity index (χ1n) is 7.83. The van der Waals surface area contributed by atoms with Gasteiger partial charge in [-0.3, -0.25) is 9.59 Å². The minimum atomic E-state index is -0.249. The van der Waals surface area contributed by atoms with Gasteiger partial charge in [-0.2, -0.15) is 0 Å². The maximum absolute atomic E-state index is 12.0. The topological polar surface area (TPSA) is 80.3 Å². The molecule has 0 aliphatic heterocycles. The van der Waals surface area contributed by atoms with Crippen LogP contribution in [0.15, 0.2) is 42.5 Å². The van der Waals surface area contributed by atoms with Gasteiger partial charge in [0, 0.05) is 23.6 Å². The van der Waals surface area contributed by atoms with E-state index >= 15 is 0 Å². The van der Waals surface area contributed by atoms with Gasteiger partial charge in [-0.05, 0) is 42.5 Å². The van der Waals surface area contributed by atoms with Gasteiger partial charge in [0.05, 0.1) is 17.3 Å². The first kappa shape index (κ1) is 18.2. The summed E-state index contributed by atoms with van der Waals surface area (Å²) in [5.41, 5.74) is 1.29. The van der Waals surface area contributed by atoms with Crippen LogP contribution in [0.4, 0.5) is 5.13 Å². The molecular weight excluding hydrogens is 374 g/mol. The molecule has 8 heteroatoms. The van der Waals surface area contributed by atoms with Gasteiger partial charge < -0.3 is 15.4 Å². The Morgan fingerprint density at radius 3 is 2.69 bits per heavy atom. The molecule has 0 saturated heterocycles. The predicted octanol–water partition coefficient (Wildman–Crippen LogP) is 3.72. The highest BCUT2D eigenvalue weighted by Crippen LogP contribution is 2.29. The number of hydrogen-bond donors (Lipinski definition) is 2. The molecule has 2 N–H and O–H groups in total. The summed E-state index contributed by atoms with van der Waals surface area (Å²) in [4.78, 5) is 28.4. The highest BCUT2D eigenvalue weighted by atomic mass is 35.5. The molecule has 1 heterocycles. The van der Waals surface area contributed by atoms with Crippen molar-refractivity contribution in [3.05, 3.63) is 53.1 Å². The van der Waals surface area contributed by atoms with Crippen LogP contribution in [0.2, 0.25) is 5.02 Å². The minimum Gasteiger partial charge on any atom is -0.497 e. The average Bonchev–Trinajstić information content (AvgIpc) is 3.03. The molecule has 0 unspecified atom stereocenters. The van der Waals surface area contributed by atoms with Crippen LogP contribution < -0.4 is 15.4 Å². The second-order valence-corrected chi connectivity index (χ2v) is 6.88. The number of anilines is 1. The summed E-state index contributed by atoms with van der Waals surface area (Å²) in [6.07, 6.45) is 0.151. The van der Waals surface area contributed by atoms with Crippen molar-refractivity contribution in [2.45, 2.75) is 6.42 Å². The van der Waals surface area contributed by atoms with Crippen LogP contribution in [0.1, 0.15) is 16.8 Å². The van der Waals surface area contributed by atoms with Crippen LogP contribution in [-0.2, 0) is 4.79 Å². The van der Waals surface area contributed by atoms with E-state index in [2.05, 4.69) is 15.6 Å². The molecule has 0 bridgehead atoms. The van der Waals surface area contributed by atoms with Crippen LogP contribution in [0, 0.1) is 0 Å². The smallest absolute Gasteiger partial charge is 0.251 e. The molecular formula is C18H16ClN3O3S. The van der Waals surface area contributed by atoms with Crippen LogP contribution in [0.3, 0.4) is 0 Å². The minimum absolute atomic E-state index is 0.151. The fourth-order valence-corrected chi connectivity index (χ4v) is 3.30. The number of thiazole rings is 1. The van der Waals surface area contributed by atoms with E-state index in [1.165, 1.54) is 11.3 Å².